The number of esters is 2. The van der Waals surface area contributed by atoms with Crippen molar-refractivity contribution >= 4 is 17.5 Å². The third-order valence-electron chi connectivity index (χ3n) is 3.97. The summed E-state index contributed by atoms with van der Waals surface area (Å²) in [5, 5.41) is 0. The van der Waals surface area contributed by atoms with E-state index in [1.807, 2.05) is 53.1 Å². The van der Waals surface area contributed by atoms with Gasteiger partial charge in [-0.3, -0.25) is 0 Å². The highest BCUT2D eigenvalue weighted by Gasteiger charge is 2.32. The van der Waals surface area contributed by atoms with Crippen molar-refractivity contribution in [1.82, 2.24) is 4.40 Å². The lowest BCUT2D eigenvalue weighted by molar-refractivity contribution is 0.00671. The Morgan fingerprint density at radius 2 is 1.59 bits per heavy atom. The summed E-state index contributed by atoms with van der Waals surface area (Å²) in [7, 11) is 0. The van der Waals surface area contributed by atoms with Crippen LogP contribution in [0.25, 0.3) is 16.8 Å². The molecule has 0 aliphatic heterocycles. The van der Waals surface area contributed by atoms with Crippen LogP contribution in [0.2, 0.25) is 0 Å². The molecule has 0 spiro atoms. The molecule has 2 aromatic heterocycles. The molecule has 2 heterocycles. The highest BCUT2D eigenvalue weighted by Crippen LogP contribution is 2.34. The van der Waals surface area contributed by atoms with E-state index in [0.717, 1.165) is 5.56 Å². The number of nitrogens with zero attached hydrogens (tertiary/aromatic N) is 1. The lowest BCUT2D eigenvalue weighted by atomic mass is 10.0. The zero-order valence-electron chi connectivity index (χ0n) is 16.0. The monoisotopic (exact) mass is 365 g/mol. The predicted molar refractivity (Wildman–Crippen MR) is 104 cm³/mol. The SMILES string of the molecule is CCOC(=O)c1c(C(=O)OC(C)(C)C)c2ccccn2c1-c1ccccc1. The number of carbonyl (C=O) groups is 2. The van der Waals surface area contributed by atoms with Gasteiger partial charge < -0.3 is 13.9 Å². The summed E-state index contributed by atoms with van der Waals surface area (Å²) in [4.78, 5) is 25.9. The number of carbonyl (C=O) groups excluding carboxylic acids is 2. The summed E-state index contributed by atoms with van der Waals surface area (Å²) in [5.41, 5.74) is 1.81. The van der Waals surface area contributed by atoms with Crippen LogP contribution >= 0.6 is 0 Å². The zero-order valence-corrected chi connectivity index (χ0v) is 16.0. The molecule has 0 saturated carbocycles. The van der Waals surface area contributed by atoms with E-state index >= 15 is 0 Å². The zero-order chi connectivity index (χ0) is 19.6. The van der Waals surface area contributed by atoms with Gasteiger partial charge in [-0.15, -0.1) is 0 Å². The molecule has 140 valence electrons. The Hall–Kier alpha value is -3.08. The third-order valence-corrected chi connectivity index (χ3v) is 3.97. The number of hydrogen-bond acceptors (Lipinski definition) is 4. The van der Waals surface area contributed by atoms with Crippen LogP contribution in [0, 0.1) is 0 Å². The Morgan fingerprint density at radius 3 is 2.22 bits per heavy atom. The van der Waals surface area contributed by atoms with Crippen LogP contribution in [-0.4, -0.2) is 28.5 Å². The van der Waals surface area contributed by atoms with Gasteiger partial charge in [-0.25, -0.2) is 9.59 Å². The number of fused-ring (bicyclic) bond motifs is 1. The smallest absolute Gasteiger partial charge is 0.341 e. The van der Waals surface area contributed by atoms with E-state index in [4.69, 9.17) is 9.47 Å². The second-order valence-corrected chi connectivity index (χ2v) is 7.14. The minimum absolute atomic E-state index is 0.215. The fourth-order valence-corrected chi connectivity index (χ4v) is 3.03. The molecule has 0 N–H and O–H groups in total. The van der Waals surface area contributed by atoms with Crippen LogP contribution in [0.3, 0.4) is 0 Å². The number of ether oxygens (including phenoxy) is 2. The van der Waals surface area contributed by atoms with Gasteiger partial charge in [0.15, 0.2) is 0 Å². The maximum Gasteiger partial charge on any atom is 0.341 e. The molecule has 0 bridgehead atoms. The van der Waals surface area contributed by atoms with Crippen molar-refractivity contribution in [2.75, 3.05) is 6.61 Å². The van der Waals surface area contributed by atoms with E-state index in [2.05, 4.69) is 0 Å². The van der Waals surface area contributed by atoms with Crippen LogP contribution < -0.4 is 0 Å². The van der Waals surface area contributed by atoms with Crippen molar-refractivity contribution in [3.05, 3.63) is 65.9 Å². The van der Waals surface area contributed by atoms with Crippen molar-refractivity contribution in [2.24, 2.45) is 0 Å². The van der Waals surface area contributed by atoms with Gasteiger partial charge in [-0.05, 0) is 45.4 Å². The predicted octanol–water partition coefficient (Wildman–Crippen LogP) is 4.74. The average Bonchev–Trinajstić information content (AvgIpc) is 2.96. The van der Waals surface area contributed by atoms with Crippen LogP contribution in [0.5, 0.6) is 0 Å². The van der Waals surface area contributed by atoms with Crippen molar-refractivity contribution in [1.29, 1.82) is 0 Å². The molecule has 0 amide bonds. The first kappa shape index (κ1) is 18.7. The van der Waals surface area contributed by atoms with Crippen LogP contribution in [-0.2, 0) is 9.47 Å². The van der Waals surface area contributed by atoms with Crippen LogP contribution in [0.15, 0.2) is 54.7 Å². The van der Waals surface area contributed by atoms with Gasteiger partial charge in [0.2, 0.25) is 0 Å². The van der Waals surface area contributed by atoms with E-state index in [1.54, 1.807) is 33.8 Å². The molecular weight excluding hydrogens is 342 g/mol. The molecule has 0 aliphatic rings. The molecule has 0 fully saturated rings. The first-order valence-corrected chi connectivity index (χ1v) is 8.92. The highest BCUT2D eigenvalue weighted by atomic mass is 16.6. The Bertz CT molecular complexity index is 981. The molecule has 1 aromatic carbocycles. The summed E-state index contributed by atoms with van der Waals surface area (Å²) in [6, 6.07) is 15.0. The second-order valence-electron chi connectivity index (χ2n) is 7.14. The molecule has 27 heavy (non-hydrogen) atoms. The number of pyridine rings is 1. The third kappa shape index (κ3) is 3.72. The van der Waals surface area contributed by atoms with Crippen molar-refractivity contribution in [3.8, 4) is 11.3 Å². The van der Waals surface area contributed by atoms with Gasteiger partial charge in [-0.1, -0.05) is 36.4 Å². The standard InChI is InChI=1S/C22H23NO4/c1-5-26-20(24)18-17(21(25)27-22(2,3)4)16-13-9-10-14-23(16)19(18)15-11-7-6-8-12-15/h6-14H,5H2,1-4H3. The average molecular weight is 365 g/mol. The molecule has 3 aromatic rings. The lowest BCUT2D eigenvalue weighted by Gasteiger charge is -2.19. The minimum Gasteiger partial charge on any atom is -0.462 e. The molecule has 3 rings (SSSR count). The van der Waals surface area contributed by atoms with Crippen molar-refractivity contribution in [2.45, 2.75) is 33.3 Å². The van der Waals surface area contributed by atoms with E-state index < -0.39 is 17.5 Å². The Kier molecular flexibility index (Phi) is 5.04. The van der Waals surface area contributed by atoms with Crippen LogP contribution in [0.4, 0.5) is 0 Å². The summed E-state index contributed by atoms with van der Waals surface area (Å²) in [6.45, 7) is 7.35. The maximum atomic E-state index is 13.0. The van der Waals surface area contributed by atoms with Crippen molar-refractivity contribution in [3.63, 3.8) is 0 Å². The Labute approximate surface area is 158 Å². The summed E-state index contributed by atoms with van der Waals surface area (Å²) in [6.07, 6.45) is 1.83. The van der Waals surface area contributed by atoms with Gasteiger partial charge in [0.1, 0.15) is 16.7 Å². The fraction of sp³-hybridized carbons (Fsp3) is 0.273. The van der Waals surface area contributed by atoms with E-state index in [1.165, 1.54) is 0 Å². The number of rotatable bonds is 4. The van der Waals surface area contributed by atoms with E-state index in [0.29, 0.717) is 11.2 Å². The Balaban J connectivity index is 2.35. The maximum absolute atomic E-state index is 13.0. The molecule has 0 saturated heterocycles. The van der Waals surface area contributed by atoms with Gasteiger partial charge in [-0.2, -0.15) is 0 Å². The fourth-order valence-electron chi connectivity index (χ4n) is 3.03. The lowest BCUT2D eigenvalue weighted by Crippen LogP contribution is -2.25. The topological polar surface area (TPSA) is 57.0 Å². The molecular formula is C22H23NO4. The summed E-state index contributed by atoms with van der Waals surface area (Å²) >= 11 is 0. The van der Waals surface area contributed by atoms with Gasteiger partial charge in [0.25, 0.3) is 0 Å². The van der Waals surface area contributed by atoms with Crippen LogP contribution in [0.1, 0.15) is 48.4 Å². The molecule has 0 aliphatic carbocycles. The second kappa shape index (κ2) is 7.27. The molecule has 0 unspecified atom stereocenters. The molecule has 5 heteroatoms. The van der Waals surface area contributed by atoms with Gasteiger partial charge in [0, 0.05) is 6.20 Å². The van der Waals surface area contributed by atoms with Gasteiger partial charge in [0.05, 0.1) is 17.8 Å². The quantitative estimate of drug-likeness (QED) is 0.627. The normalized spacial score (nSPS) is 11.4. The first-order chi connectivity index (χ1) is 12.8. The largest absolute Gasteiger partial charge is 0.462 e. The van der Waals surface area contributed by atoms with Crippen molar-refractivity contribution < 1.29 is 19.1 Å². The van der Waals surface area contributed by atoms with E-state index in [-0.39, 0.29) is 17.7 Å². The minimum atomic E-state index is -0.682. The number of benzene rings is 1. The Morgan fingerprint density at radius 1 is 0.926 bits per heavy atom. The summed E-state index contributed by atoms with van der Waals surface area (Å²) < 4.78 is 12.7. The molecule has 0 radical (unpaired) electrons. The molecule has 5 nitrogen and oxygen atoms in total. The first-order valence-electron chi connectivity index (χ1n) is 8.92. The highest BCUT2D eigenvalue weighted by molar-refractivity contribution is 6.13. The van der Waals surface area contributed by atoms with E-state index in [9.17, 15) is 9.59 Å². The molecule has 0 atom stereocenters. The van der Waals surface area contributed by atoms with Gasteiger partial charge >= 0.3 is 11.9 Å². The number of hydrogen-bond donors (Lipinski definition) is 0. The number of aromatic nitrogens is 1. The summed E-state index contributed by atoms with van der Waals surface area (Å²) in [5.74, 6) is -1.09.